The van der Waals surface area contributed by atoms with Gasteiger partial charge in [0.15, 0.2) is 0 Å². The second-order valence-corrected chi connectivity index (χ2v) is 13.5. The average Bonchev–Trinajstić information content (AvgIpc) is 3.61. The van der Waals surface area contributed by atoms with E-state index in [1.807, 2.05) is 30.3 Å². The molecule has 0 atom stereocenters. The summed E-state index contributed by atoms with van der Waals surface area (Å²) in [6, 6.07) is 19.2. The van der Waals surface area contributed by atoms with Crippen molar-refractivity contribution in [2.24, 2.45) is 0 Å². The van der Waals surface area contributed by atoms with E-state index < -0.39 is 16.1 Å². The number of nitrogens with zero attached hydrogens (tertiary/aromatic N) is 4. The molecule has 2 fully saturated rings. The molecule has 1 aliphatic heterocycles. The summed E-state index contributed by atoms with van der Waals surface area (Å²) in [5.41, 5.74) is 1.48. The van der Waals surface area contributed by atoms with Crippen molar-refractivity contribution in [1.82, 2.24) is 24.2 Å². The summed E-state index contributed by atoms with van der Waals surface area (Å²) < 4.78 is 41.1. The van der Waals surface area contributed by atoms with Gasteiger partial charge in [0.2, 0.25) is 16.0 Å². The number of hydrogen-bond acceptors (Lipinski definition) is 9. The predicted octanol–water partition coefficient (Wildman–Crippen LogP) is 4.48. The zero-order valence-corrected chi connectivity index (χ0v) is 26.3. The van der Waals surface area contributed by atoms with Crippen LogP contribution in [0.25, 0.3) is 11.0 Å². The third-order valence-electron chi connectivity index (χ3n) is 8.44. The molecule has 4 aromatic rings. The number of amides is 1. The van der Waals surface area contributed by atoms with Gasteiger partial charge in [-0.25, -0.2) is 18.2 Å². The van der Waals surface area contributed by atoms with E-state index in [9.17, 15) is 18.0 Å². The quantitative estimate of drug-likeness (QED) is 0.225. The van der Waals surface area contributed by atoms with Crippen LogP contribution in [0.15, 0.2) is 82.6 Å². The molecule has 1 saturated carbocycles. The summed E-state index contributed by atoms with van der Waals surface area (Å²) in [6.45, 7) is 1.18. The lowest BCUT2D eigenvalue weighted by Gasteiger charge is -2.31. The van der Waals surface area contributed by atoms with E-state index in [0.29, 0.717) is 43.3 Å². The largest absolute Gasteiger partial charge is 0.492 e. The fraction of sp³-hybridized carbons (Fsp3) is 0.394. The Labute approximate surface area is 267 Å². The van der Waals surface area contributed by atoms with Crippen LogP contribution in [0.5, 0.6) is 5.75 Å². The summed E-state index contributed by atoms with van der Waals surface area (Å²) in [7, 11) is -3.74. The zero-order valence-electron chi connectivity index (χ0n) is 25.5. The molecule has 2 aromatic carbocycles. The smallest absolute Gasteiger partial charge is 0.407 e. The van der Waals surface area contributed by atoms with Gasteiger partial charge in [-0.1, -0.05) is 49.2 Å². The number of benzene rings is 2. The Kier molecular flexibility index (Phi) is 9.79. The highest BCUT2D eigenvalue weighted by Crippen LogP contribution is 2.30. The Hall–Kier alpha value is -4.49. The molecule has 46 heavy (non-hydrogen) atoms. The number of pyridine rings is 1. The third kappa shape index (κ3) is 7.48. The van der Waals surface area contributed by atoms with Crippen molar-refractivity contribution < 1.29 is 22.7 Å². The molecule has 6 rings (SSSR count). The van der Waals surface area contributed by atoms with E-state index in [0.717, 1.165) is 36.6 Å². The summed E-state index contributed by atoms with van der Waals surface area (Å²) in [5.74, 6) is 0.830. The van der Waals surface area contributed by atoms with Crippen molar-refractivity contribution >= 4 is 33.1 Å². The first-order valence-corrected chi connectivity index (χ1v) is 17.1. The van der Waals surface area contributed by atoms with Gasteiger partial charge >= 0.3 is 6.09 Å². The van der Waals surface area contributed by atoms with Crippen LogP contribution in [0, 0.1) is 0 Å². The van der Waals surface area contributed by atoms with Crippen molar-refractivity contribution in [2.45, 2.75) is 62.1 Å². The molecule has 2 N–H and O–H groups in total. The van der Waals surface area contributed by atoms with Gasteiger partial charge in [0, 0.05) is 48.9 Å². The van der Waals surface area contributed by atoms with Crippen LogP contribution in [0.1, 0.15) is 50.1 Å². The molecule has 0 radical (unpaired) electrons. The van der Waals surface area contributed by atoms with Crippen LogP contribution in [0.3, 0.4) is 0 Å². The van der Waals surface area contributed by atoms with Crippen molar-refractivity contribution in [1.29, 1.82) is 0 Å². The first-order chi connectivity index (χ1) is 22.4. The van der Waals surface area contributed by atoms with Crippen LogP contribution in [-0.4, -0.2) is 65.6 Å². The number of ether oxygens (including phenoxy) is 2. The van der Waals surface area contributed by atoms with Gasteiger partial charge in [-0.15, -0.1) is 0 Å². The van der Waals surface area contributed by atoms with E-state index in [2.05, 4.69) is 15.6 Å². The van der Waals surface area contributed by atoms with Crippen molar-refractivity contribution in [3.8, 4) is 5.75 Å². The molecule has 12 nitrogen and oxygen atoms in total. The number of anilines is 1. The van der Waals surface area contributed by atoms with Gasteiger partial charge in [-0.05, 0) is 49.4 Å². The van der Waals surface area contributed by atoms with Crippen molar-refractivity contribution in [3.05, 3.63) is 88.8 Å². The molecule has 2 aliphatic rings. The minimum Gasteiger partial charge on any atom is -0.492 e. The minimum absolute atomic E-state index is 0.0131. The third-order valence-corrected chi connectivity index (χ3v) is 10.3. The predicted molar refractivity (Wildman–Crippen MR) is 173 cm³/mol. The van der Waals surface area contributed by atoms with Gasteiger partial charge in [0.05, 0.1) is 11.4 Å². The van der Waals surface area contributed by atoms with Crippen molar-refractivity contribution in [2.75, 3.05) is 31.6 Å². The number of fused-ring (bicyclic) bond motifs is 1. The Morgan fingerprint density at radius 3 is 2.52 bits per heavy atom. The molecular weight excluding hydrogens is 608 g/mol. The van der Waals surface area contributed by atoms with E-state index in [4.69, 9.17) is 14.5 Å². The maximum Gasteiger partial charge on any atom is 0.407 e. The molecule has 3 heterocycles. The van der Waals surface area contributed by atoms with Crippen LogP contribution >= 0.6 is 0 Å². The van der Waals surface area contributed by atoms with Crippen LogP contribution in [-0.2, 0) is 21.4 Å². The number of carbonyl (C=O) groups is 1. The lowest BCUT2D eigenvalue weighted by molar-refractivity contribution is 0.137. The fourth-order valence-electron chi connectivity index (χ4n) is 6.02. The first-order valence-electron chi connectivity index (χ1n) is 15.7. The molecule has 0 bridgehead atoms. The van der Waals surface area contributed by atoms with Gasteiger partial charge < -0.3 is 20.1 Å². The van der Waals surface area contributed by atoms with Crippen LogP contribution < -0.4 is 20.9 Å². The number of rotatable bonds is 11. The molecule has 1 aliphatic carbocycles. The Morgan fingerprint density at radius 1 is 0.957 bits per heavy atom. The summed E-state index contributed by atoms with van der Waals surface area (Å²) >= 11 is 0. The van der Waals surface area contributed by atoms with E-state index in [1.165, 1.54) is 10.4 Å². The van der Waals surface area contributed by atoms with Gasteiger partial charge in [0.25, 0.3) is 5.56 Å². The lowest BCUT2D eigenvalue weighted by Crippen LogP contribution is -2.42. The SMILES string of the molecule is O=C(NCCOc1cccc(S(=O)(=O)N2CCC(Nc3ncc4ccc(=O)n(C5CCCC5)c4n3)CC2)c1)OCc1ccccc1. The number of sulfonamides is 1. The van der Waals surface area contributed by atoms with Gasteiger partial charge in [-0.2, -0.15) is 9.29 Å². The Bertz CT molecular complexity index is 1820. The molecule has 13 heteroatoms. The number of carbonyl (C=O) groups excluding carboxylic acids is 1. The first kappa shape index (κ1) is 31.5. The molecule has 0 spiro atoms. The number of piperidine rings is 1. The second kappa shape index (κ2) is 14.3. The zero-order chi connectivity index (χ0) is 31.9. The fourth-order valence-corrected chi connectivity index (χ4v) is 7.52. The monoisotopic (exact) mass is 646 g/mol. The number of alkyl carbamates (subject to hydrolysis) is 1. The number of nitrogens with one attached hydrogen (secondary N) is 2. The minimum atomic E-state index is -3.74. The van der Waals surface area contributed by atoms with Crippen molar-refractivity contribution in [3.63, 3.8) is 0 Å². The average molecular weight is 647 g/mol. The Balaban J connectivity index is 0.999. The molecule has 242 valence electrons. The maximum atomic E-state index is 13.5. The lowest BCUT2D eigenvalue weighted by atomic mass is 10.1. The topological polar surface area (TPSA) is 145 Å². The Morgan fingerprint density at radius 2 is 1.74 bits per heavy atom. The normalized spacial score (nSPS) is 16.3. The van der Waals surface area contributed by atoms with Gasteiger partial charge in [-0.3, -0.25) is 9.36 Å². The molecule has 0 unspecified atom stereocenters. The highest BCUT2D eigenvalue weighted by atomic mass is 32.2. The van der Waals surface area contributed by atoms with Gasteiger partial charge in [0.1, 0.15) is 24.6 Å². The van der Waals surface area contributed by atoms with E-state index >= 15 is 0 Å². The maximum absolute atomic E-state index is 13.5. The summed E-state index contributed by atoms with van der Waals surface area (Å²) in [4.78, 5) is 34.0. The number of aromatic nitrogens is 3. The van der Waals surface area contributed by atoms with Crippen LogP contribution in [0.2, 0.25) is 0 Å². The molecule has 1 saturated heterocycles. The van der Waals surface area contributed by atoms with E-state index in [-0.39, 0.29) is 42.3 Å². The van der Waals surface area contributed by atoms with Crippen LogP contribution in [0.4, 0.5) is 10.7 Å². The molecule has 2 aromatic heterocycles. The standard InChI is InChI=1S/C33H38N6O6S/c40-30-14-13-25-22-35-32(37-31(25)39(30)27-9-4-5-10-27)36-26-15-18-38(19-16-26)46(42,43)29-12-6-11-28(21-29)44-20-17-34-33(41)45-23-24-7-2-1-3-8-24/h1-3,6-8,11-14,21-22,26-27H,4-5,9-10,15-20,23H2,(H,34,41)(H,35,36,37). The summed E-state index contributed by atoms with van der Waals surface area (Å²) in [6.07, 6.45) is 6.48. The highest BCUT2D eigenvalue weighted by molar-refractivity contribution is 7.89. The molecule has 1 amide bonds. The number of hydrogen-bond donors (Lipinski definition) is 2. The molecular formula is C33H38N6O6S. The second-order valence-electron chi connectivity index (χ2n) is 11.6. The highest BCUT2D eigenvalue weighted by Gasteiger charge is 2.30. The summed E-state index contributed by atoms with van der Waals surface area (Å²) in [5, 5.41) is 6.81. The van der Waals surface area contributed by atoms with E-state index in [1.54, 1.807) is 41.1 Å².